The van der Waals surface area contributed by atoms with Crippen LogP contribution >= 0.6 is 0 Å². The molecule has 21 heavy (non-hydrogen) atoms. The van der Waals surface area contributed by atoms with Crippen molar-refractivity contribution < 1.29 is 19.4 Å². The third-order valence-electron chi connectivity index (χ3n) is 2.56. The molecule has 0 aliphatic heterocycles. The van der Waals surface area contributed by atoms with E-state index in [2.05, 4.69) is 29.6 Å². The molecule has 2 amide bonds. The summed E-state index contributed by atoms with van der Waals surface area (Å²) in [6.07, 6.45) is 3.84. The number of carboxylic acids is 1. The predicted octanol–water partition coefficient (Wildman–Crippen LogP) is 1.15. The van der Waals surface area contributed by atoms with E-state index in [1.807, 2.05) is 0 Å². The molecule has 1 heterocycles. The lowest BCUT2D eigenvalue weighted by Gasteiger charge is -2.08. The lowest BCUT2D eigenvalue weighted by Crippen LogP contribution is -2.31. The first kappa shape index (κ1) is 17.0. The van der Waals surface area contributed by atoms with Gasteiger partial charge in [-0.25, -0.2) is 4.79 Å². The zero-order valence-corrected chi connectivity index (χ0v) is 12.3. The summed E-state index contributed by atoms with van der Waals surface area (Å²) in [5.74, 6) is -0.392. The molecule has 0 aliphatic carbocycles. The van der Waals surface area contributed by atoms with E-state index in [9.17, 15) is 9.59 Å². The first-order valence-electron chi connectivity index (χ1n) is 6.84. The van der Waals surface area contributed by atoms with Crippen molar-refractivity contribution >= 4 is 17.7 Å². The smallest absolute Gasteiger partial charge is 0.325 e. The van der Waals surface area contributed by atoms with Crippen LogP contribution in [0.25, 0.3) is 0 Å². The Morgan fingerprint density at radius 2 is 2.19 bits per heavy atom. The quantitative estimate of drug-likeness (QED) is 0.593. The average molecular weight is 298 g/mol. The van der Waals surface area contributed by atoms with Crippen molar-refractivity contribution in [3.63, 3.8) is 0 Å². The number of urea groups is 1. The molecule has 118 valence electrons. The van der Waals surface area contributed by atoms with E-state index in [0.29, 0.717) is 31.4 Å². The van der Waals surface area contributed by atoms with Gasteiger partial charge in [-0.1, -0.05) is 13.8 Å². The minimum atomic E-state index is -0.993. The van der Waals surface area contributed by atoms with E-state index < -0.39 is 5.97 Å². The number of carbonyl (C=O) groups excluding carboxylic acids is 1. The number of hydrogen-bond donors (Lipinski definition) is 3. The maximum atomic E-state index is 11.6. The van der Waals surface area contributed by atoms with Crippen LogP contribution in [0.4, 0.5) is 10.5 Å². The number of carboxylic acid groups (broad SMARTS) is 1. The van der Waals surface area contributed by atoms with Crippen molar-refractivity contribution in [1.29, 1.82) is 0 Å². The van der Waals surface area contributed by atoms with Gasteiger partial charge < -0.3 is 20.5 Å². The summed E-state index contributed by atoms with van der Waals surface area (Å²) >= 11 is 0. The molecule has 0 aromatic carbocycles. The number of ether oxygens (including phenoxy) is 1. The monoisotopic (exact) mass is 298 g/mol. The van der Waals surface area contributed by atoms with E-state index >= 15 is 0 Å². The fourth-order valence-corrected chi connectivity index (χ4v) is 1.49. The van der Waals surface area contributed by atoms with E-state index in [1.54, 1.807) is 0 Å². The van der Waals surface area contributed by atoms with Gasteiger partial charge in [0.1, 0.15) is 6.54 Å². The highest BCUT2D eigenvalue weighted by atomic mass is 16.5. The van der Waals surface area contributed by atoms with Gasteiger partial charge in [-0.05, 0) is 12.3 Å². The number of aliphatic carboxylic acids is 1. The Morgan fingerprint density at radius 1 is 1.43 bits per heavy atom. The highest BCUT2D eigenvalue weighted by Gasteiger charge is 2.05. The van der Waals surface area contributed by atoms with Crippen LogP contribution in [0.1, 0.15) is 20.3 Å². The van der Waals surface area contributed by atoms with Crippen LogP contribution in [0.15, 0.2) is 12.4 Å². The highest BCUT2D eigenvalue weighted by Crippen LogP contribution is 2.04. The number of rotatable bonds is 9. The Morgan fingerprint density at radius 3 is 2.86 bits per heavy atom. The molecule has 8 heteroatoms. The molecule has 8 nitrogen and oxygen atoms in total. The van der Waals surface area contributed by atoms with E-state index in [-0.39, 0.29) is 12.6 Å². The van der Waals surface area contributed by atoms with E-state index in [1.165, 1.54) is 17.1 Å². The summed E-state index contributed by atoms with van der Waals surface area (Å²) in [5, 5.41) is 17.6. The highest BCUT2D eigenvalue weighted by molar-refractivity contribution is 5.88. The third-order valence-corrected chi connectivity index (χ3v) is 2.56. The van der Waals surface area contributed by atoms with Crippen molar-refractivity contribution in [2.45, 2.75) is 26.8 Å². The summed E-state index contributed by atoms with van der Waals surface area (Å²) in [4.78, 5) is 22.0. The molecule has 1 rings (SSSR count). The van der Waals surface area contributed by atoms with Gasteiger partial charge in [0.25, 0.3) is 0 Å². The SMILES string of the molecule is CC(C)CCOCCNC(=O)Nc1cnn(CC(=O)O)c1. The molecule has 1 aromatic rings. The number of nitrogens with zero attached hydrogens (tertiary/aromatic N) is 2. The third kappa shape index (κ3) is 7.93. The molecule has 0 fully saturated rings. The zero-order chi connectivity index (χ0) is 15.7. The maximum absolute atomic E-state index is 11.6. The first-order valence-corrected chi connectivity index (χ1v) is 6.84. The van der Waals surface area contributed by atoms with Crippen LogP contribution in [0, 0.1) is 5.92 Å². The summed E-state index contributed by atoms with van der Waals surface area (Å²) in [7, 11) is 0. The largest absolute Gasteiger partial charge is 0.480 e. The first-order chi connectivity index (χ1) is 9.97. The maximum Gasteiger partial charge on any atom is 0.325 e. The average Bonchev–Trinajstić information content (AvgIpc) is 2.79. The Hall–Kier alpha value is -2.09. The predicted molar refractivity (Wildman–Crippen MR) is 77.2 cm³/mol. The minimum Gasteiger partial charge on any atom is -0.480 e. The molecule has 0 unspecified atom stereocenters. The summed E-state index contributed by atoms with van der Waals surface area (Å²) < 4.78 is 6.60. The van der Waals surface area contributed by atoms with Gasteiger partial charge in [0.15, 0.2) is 0 Å². The van der Waals surface area contributed by atoms with Crippen molar-refractivity contribution in [3.05, 3.63) is 12.4 Å². The molecular formula is C13H22N4O4. The van der Waals surface area contributed by atoms with Gasteiger partial charge in [-0.3, -0.25) is 9.48 Å². The minimum absolute atomic E-state index is 0.243. The summed E-state index contributed by atoms with van der Waals surface area (Å²) in [6.45, 7) is 5.56. The molecule has 1 aromatic heterocycles. The van der Waals surface area contributed by atoms with Crippen LogP contribution in [-0.4, -0.2) is 46.6 Å². The topological polar surface area (TPSA) is 105 Å². The molecule has 0 saturated carbocycles. The Bertz CT molecular complexity index is 459. The zero-order valence-electron chi connectivity index (χ0n) is 12.3. The molecule has 0 saturated heterocycles. The van der Waals surface area contributed by atoms with Gasteiger partial charge in [0, 0.05) is 19.3 Å². The van der Waals surface area contributed by atoms with Crippen LogP contribution < -0.4 is 10.6 Å². The van der Waals surface area contributed by atoms with Gasteiger partial charge >= 0.3 is 12.0 Å². The van der Waals surface area contributed by atoms with Crippen molar-refractivity contribution in [2.75, 3.05) is 25.1 Å². The Balaban J connectivity index is 2.16. The van der Waals surface area contributed by atoms with Crippen molar-refractivity contribution in [3.8, 4) is 0 Å². The Kier molecular flexibility index (Phi) is 7.24. The normalized spacial score (nSPS) is 10.6. The van der Waals surface area contributed by atoms with Gasteiger partial charge in [-0.2, -0.15) is 5.10 Å². The molecular weight excluding hydrogens is 276 g/mol. The lowest BCUT2D eigenvalue weighted by molar-refractivity contribution is -0.137. The van der Waals surface area contributed by atoms with E-state index in [0.717, 1.165) is 6.42 Å². The van der Waals surface area contributed by atoms with E-state index in [4.69, 9.17) is 9.84 Å². The second kappa shape index (κ2) is 8.96. The fourth-order valence-electron chi connectivity index (χ4n) is 1.49. The van der Waals surface area contributed by atoms with Crippen LogP contribution in [0.2, 0.25) is 0 Å². The van der Waals surface area contributed by atoms with Crippen molar-refractivity contribution in [2.24, 2.45) is 5.92 Å². The Labute approximate surface area is 123 Å². The number of aromatic nitrogens is 2. The molecule has 0 radical (unpaired) electrons. The molecule has 0 bridgehead atoms. The van der Waals surface area contributed by atoms with Gasteiger partial charge in [-0.15, -0.1) is 0 Å². The molecule has 0 spiro atoms. The number of anilines is 1. The summed E-state index contributed by atoms with van der Waals surface area (Å²) in [6, 6.07) is -0.377. The number of hydrogen-bond acceptors (Lipinski definition) is 4. The fraction of sp³-hybridized carbons (Fsp3) is 0.615. The number of nitrogens with one attached hydrogen (secondary N) is 2. The standard InChI is InChI=1S/C13H22N4O4/c1-10(2)3-5-21-6-4-14-13(20)16-11-7-15-17(8-11)9-12(18)19/h7-8,10H,3-6,9H2,1-2H3,(H,18,19)(H2,14,16,20). The van der Waals surface area contributed by atoms with Crippen molar-refractivity contribution in [1.82, 2.24) is 15.1 Å². The number of amides is 2. The molecule has 0 aliphatic rings. The molecule has 0 atom stereocenters. The second-order valence-electron chi connectivity index (χ2n) is 5.00. The van der Waals surface area contributed by atoms with Crippen LogP contribution in [-0.2, 0) is 16.1 Å². The number of carbonyl (C=O) groups is 2. The van der Waals surface area contributed by atoms with Gasteiger partial charge in [0.05, 0.1) is 18.5 Å². The molecule has 3 N–H and O–H groups in total. The lowest BCUT2D eigenvalue weighted by atomic mass is 10.1. The van der Waals surface area contributed by atoms with Gasteiger partial charge in [0.2, 0.25) is 0 Å². The summed E-state index contributed by atoms with van der Waals surface area (Å²) in [5.41, 5.74) is 0.439. The van der Waals surface area contributed by atoms with Crippen LogP contribution in [0.3, 0.4) is 0 Å². The second-order valence-corrected chi connectivity index (χ2v) is 5.00. The van der Waals surface area contributed by atoms with Crippen LogP contribution in [0.5, 0.6) is 0 Å².